The molecule has 2 heterocycles. The summed E-state index contributed by atoms with van der Waals surface area (Å²) in [5.41, 5.74) is 2.44. The van der Waals surface area contributed by atoms with Crippen LogP contribution in [0.3, 0.4) is 0 Å². The summed E-state index contributed by atoms with van der Waals surface area (Å²) in [7, 11) is 0. The minimum atomic E-state index is 0.0129. The molecule has 0 saturated carbocycles. The number of anilines is 1. The largest absolute Gasteiger partial charge is 0.380 e. The molecule has 19 heavy (non-hydrogen) atoms. The Morgan fingerprint density at radius 3 is 2.37 bits per heavy atom. The van der Waals surface area contributed by atoms with E-state index < -0.39 is 0 Å². The van der Waals surface area contributed by atoms with E-state index in [9.17, 15) is 4.79 Å². The number of carbonyl (C=O) groups is 1. The standard InChI is InChI=1S/C15H20N2O2/c1-12-2-4-13(5-3-12)16-14(18)17-8-6-15(7-9-17)10-19-11-15/h2-5H,6-11H2,1H3,(H,16,18). The lowest BCUT2D eigenvalue weighted by atomic mass is 9.77. The number of benzene rings is 1. The lowest BCUT2D eigenvalue weighted by Gasteiger charge is -2.47. The molecule has 0 radical (unpaired) electrons. The van der Waals surface area contributed by atoms with Crippen LogP contribution >= 0.6 is 0 Å². The van der Waals surface area contributed by atoms with Gasteiger partial charge in [-0.15, -0.1) is 0 Å². The van der Waals surface area contributed by atoms with Crippen molar-refractivity contribution < 1.29 is 9.53 Å². The molecule has 1 N–H and O–H groups in total. The van der Waals surface area contributed by atoms with Crippen molar-refractivity contribution in [1.29, 1.82) is 0 Å². The van der Waals surface area contributed by atoms with Gasteiger partial charge in [-0.25, -0.2) is 4.79 Å². The predicted molar refractivity (Wildman–Crippen MR) is 74.3 cm³/mol. The normalized spacial score (nSPS) is 21.0. The molecule has 102 valence electrons. The van der Waals surface area contributed by atoms with E-state index in [0.717, 1.165) is 44.8 Å². The van der Waals surface area contributed by atoms with E-state index in [1.165, 1.54) is 5.56 Å². The van der Waals surface area contributed by atoms with Crippen molar-refractivity contribution in [3.05, 3.63) is 29.8 Å². The van der Waals surface area contributed by atoms with Crippen LogP contribution in [0.15, 0.2) is 24.3 Å². The van der Waals surface area contributed by atoms with Gasteiger partial charge in [-0.05, 0) is 31.9 Å². The molecular formula is C15H20N2O2. The van der Waals surface area contributed by atoms with E-state index in [0.29, 0.717) is 5.41 Å². The SMILES string of the molecule is Cc1ccc(NC(=O)N2CCC3(CC2)COC3)cc1. The number of amides is 2. The minimum Gasteiger partial charge on any atom is -0.380 e. The highest BCUT2D eigenvalue weighted by Crippen LogP contribution is 2.38. The Morgan fingerprint density at radius 2 is 1.84 bits per heavy atom. The van der Waals surface area contributed by atoms with Crippen LogP contribution in [0.25, 0.3) is 0 Å². The van der Waals surface area contributed by atoms with Crippen LogP contribution < -0.4 is 5.32 Å². The van der Waals surface area contributed by atoms with Crippen molar-refractivity contribution >= 4 is 11.7 Å². The number of hydrogen-bond donors (Lipinski definition) is 1. The van der Waals surface area contributed by atoms with Crippen molar-refractivity contribution in [2.24, 2.45) is 5.41 Å². The van der Waals surface area contributed by atoms with Crippen molar-refractivity contribution in [1.82, 2.24) is 4.90 Å². The lowest BCUT2D eigenvalue weighted by molar-refractivity contribution is -0.135. The van der Waals surface area contributed by atoms with Crippen LogP contribution in [0.4, 0.5) is 10.5 Å². The average Bonchev–Trinajstić information content (AvgIpc) is 2.40. The van der Waals surface area contributed by atoms with Crippen LogP contribution in [-0.2, 0) is 4.74 Å². The van der Waals surface area contributed by atoms with E-state index in [2.05, 4.69) is 5.32 Å². The highest BCUT2D eigenvalue weighted by Gasteiger charge is 2.41. The molecule has 0 aliphatic carbocycles. The maximum absolute atomic E-state index is 12.2. The zero-order valence-corrected chi connectivity index (χ0v) is 11.3. The second-order valence-electron chi connectivity index (χ2n) is 5.78. The number of carbonyl (C=O) groups excluding carboxylic acids is 1. The second kappa shape index (κ2) is 4.85. The molecule has 1 spiro atoms. The van der Waals surface area contributed by atoms with Crippen molar-refractivity contribution in [2.75, 3.05) is 31.6 Å². The van der Waals surface area contributed by atoms with Gasteiger partial charge in [0.25, 0.3) is 0 Å². The Kier molecular flexibility index (Phi) is 3.19. The molecule has 2 aliphatic rings. The fraction of sp³-hybridized carbons (Fsp3) is 0.533. The number of nitrogens with zero attached hydrogens (tertiary/aromatic N) is 1. The van der Waals surface area contributed by atoms with Gasteiger partial charge in [-0.3, -0.25) is 0 Å². The zero-order valence-electron chi connectivity index (χ0n) is 11.3. The Morgan fingerprint density at radius 1 is 1.21 bits per heavy atom. The highest BCUT2D eigenvalue weighted by atomic mass is 16.5. The summed E-state index contributed by atoms with van der Waals surface area (Å²) in [6.45, 7) is 5.46. The van der Waals surface area contributed by atoms with Gasteiger partial charge in [-0.2, -0.15) is 0 Å². The number of urea groups is 1. The molecule has 3 rings (SSSR count). The van der Waals surface area contributed by atoms with Gasteiger partial charge in [0.05, 0.1) is 13.2 Å². The topological polar surface area (TPSA) is 41.6 Å². The number of piperidine rings is 1. The molecule has 2 amide bonds. The monoisotopic (exact) mass is 260 g/mol. The molecule has 2 fully saturated rings. The van der Waals surface area contributed by atoms with Gasteiger partial charge in [0.1, 0.15) is 0 Å². The summed E-state index contributed by atoms with van der Waals surface area (Å²) in [5, 5.41) is 2.96. The van der Waals surface area contributed by atoms with E-state index in [4.69, 9.17) is 4.74 Å². The van der Waals surface area contributed by atoms with Crippen LogP contribution in [0.5, 0.6) is 0 Å². The molecule has 0 bridgehead atoms. The van der Waals surface area contributed by atoms with Crippen molar-refractivity contribution in [2.45, 2.75) is 19.8 Å². The Bertz CT molecular complexity index is 456. The smallest absolute Gasteiger partial charge is 0.321 e. The number of likely N-dealkylation sites (tertiary alicyclic amines) is 1. The van der Waals surface area contributed by atoms with Gasteiger partial charge in [-0.1, -0.05) is 17.7 Å². The summed E-state index contributed by atoms with van der Waals surface area (Å²) < 4.78 is 5.30. The number of rotatable bonds is 1. The van der Waals surface area contributed by atoms with E-state index >= 15 is 0 Å². The van der Waals surface area contributed by atoms with Crippen LogP contribution in [0.1, 0.15) is 18.4 Å². The zero-order chi connectivity index (χ0) is 13.3. The van der Waals surface area contributed by atoms with E-state index in [1.807, 2.05) is 36.1 Å². The van der Waals surface area contributed by atoms with E-state index in [-0.39, 0.29) is 6.03 Å². The van der Waals surface area contributed by atoms with Crippen molar-refractivity contribution in [3.63, 3.8) is 0 Å². The molecule has 4 heteroatoms. The summed E-state index contributed by atoms with van der Waals surface area (Å²) in [5.74, 6) is 0. The van der Waals surface area contributed by atoms with Gasteiger partial charge in [0.2, 0.25) is 0 Å². The van der Waals surface area contributed by atoms with Gasteiger partial charge in [0.15, 0.2) is 0 Å². The van der Waals surface area contributed by atoms with Crippen LogP contribution in [0.2, 0.25) is 0 Å². The number of nitrogens with one attached hydrogen (secondary N) is 1. The Hall–Kier alpha value is -1.55. The quantitative estimate of drug-likeness (QED) is 0.843. The first-order chi connectivity index (χ1) is 9.17. The maximum atomic E-state index is 12.2. The predicted octanol–water partition coefficient (Wildman–Crippen LogP) is 2.64. The molecule has 2 saturated heterocycles. The summed E-state index contributed by atoms with van der Waals surface area (Å²) >= 11 is 0. The molecule has 0 atom stereocenters. The second-order valence-corrected chi connectivity index (χ2v) is 5.78. The van der Waals surface area contributed by atoms with E-state index in [1.54, 1.807) is 0 Å². The molecule has 1 aromatic carbocycles. The first kappa shape index (κ1) is 12.5. The highest BCUT2D eigenvalue weighted by molar-refractivity contribution is 5.89. The Balaban J connectivity index is 1.55. The number of ether oxygens (including phenoxy) is 1. The Labute approximate surface area is 113 Å². The van der Waals surface area contributed by atoms with Gasteiger partial charge in [0, 0.05) is 24.2 Å². The number of hydrogen-bond acceptors (Lipinski definition) is 2. The molecular weight excluding hydrogens is 240 g/mol. The third-order valence-electron chi connectivity index (χ3n) is 4.23. The van der Waals surface area contributed by atoms with Gasteiger partial charge < -0.3 is 15.0 Å². The fourth-order valence-electron chi connectivity index (χ4n) is 2.70. The molecule has 0 unspecified atom stereocenters. The molecule has 0 aromatic heterocycles. The maximum Gasteiger partial charge on any atom is 0.321 e. The summed E-state index contributed by atoms with van der Waals surface area (Å²) in [6, 6.07) is 7.91. The average molecular weight is 260 g/mol. The van der Waals surface area contributed by atoms with Crippen LogP contribution in [0, 0.1) is 12.3 Å². The minimum absolute atomic E-state index is 0.0129. The third kappa shape index (κ3) is 2.59. The van der Waals surface area contributed by atoms with Gasteiger partial charge >= 0.3 is 6.03 Å². The summed E-state index contributed by atoms with van der Waals surface area (Å²) in [4.78, 5) is 14.1. The lowest BCUT2D eigenvalue weighted by Crippen LogP contribution is -2.52. The fourth-order valence-corrected chi connectivity index (χ4v) is 2.70. The number of aryl methyl sites for hydroxylation is 1. The van der Waals surface area contributed by atoms with Crippen LogP contribution in [-0.4, -0.2) is 37.2 Å². The first-order valence-corrected chi connectivity index (χ1v) is 6.87. The summed E-state index contributed by atoms with van der Waals surface area (Å²) in [6.07, 6.45) is 2.13. The van der Waals surface area contributed by atoms with Crippen molar-refractivity contribution in [3.8, 4) is 0 Å². The molecule has 4 nitrogen and oxygen atoms in total. The molecule has 1 aromatic rings. The first-order valence-electron chi connectivity index (χ1n) is 6.87. The molecule has 2 aliphatic heterocycles. The third-order valence-corrected chi connectivity index (χ3v) is 4.23.